The Morgan fingerprint density at radius 1 is 1.07 bits per heavy atom. The van der Waals surface area contributed by atoms with Gasteiger partial charge in [-0.2, -0.15) is 0 Å². The molecule has 0 bridgehead atoms. The lowest BCUT2D eigenvalue weighted by Gasteiger charge is -2.07. The number of aromatic nitrogens is 2. The number of amides is 1. The molecule has 28 heavy (non-hydrogen) atoms. The highest BCUT2D eigenvalue weighted by molar-refractivity contribution is 7.12. The van der Waals surface area contributed by atoms with Crippen LogP contribution in [0.5, 0.6) is 0 Å². The number of para-hydroxylation sites is 2. The Labute approximate surface area is 168 Å². The van der Waals surface area contributed by atoms with Crippen LogP contribution in [0.1, 0.15) is 20.9 Å². The lowest BCUT2D eigenvalue weighted by atomic mass is 10.1. The molecule has 0 spiro atoms. The molecule has 0 aliphatic carbocycles. The summed E-state index contributed by atoms with van der Waals surface area (Å²) in [6.45, 7) is 3.35. The van der Waals surface area contributed by atoms with E-state index in [0.717, 1.165) is 28.0 Å². The first kappa shape index (κ1) is 18.2. The van der Waals surface area contributed by atoms with Gasteiger partial charge in [-0.1, -0.05) is 36.4 Å². The topological polar surface area (TPSA) is 46.9 Å². The fourth-order valence-electron chi connectivity index (χ4n) is 3.04. The number of benzene rings is 2. The average Bonchev–Trinajstić information content (AvgIpc) is 3.32. The summed E-state index contributed by atoms with van der Waals surface area (Å²) in [6.07, 6.45) is 5.32. The minimum absolute atomic E-state index is 0.0833. The summed E-state index contributed by atoms with van der Waals surface area (Å²) in [6, 6.07) is 20.5. The Kier molecular flexibility index (Phi) is 5.35. The van der Waals surface area contributed by atoms with Gasteiger partial charge in [-0.25, -0.2) is 4.98 Å². The number of imidazole rings is 1. The van der Waals surface area contributed by atoms with Gasteiger partial charge in [-0.05, 0) is 48.4 Å². The number of carbonyl (C=O) groups is 1. The molecule has 2 aromatic carbocycles. The van der Waals surface area contributed by atoms with Crippen LogP contribution in [0.25, 0.3) is 17.1 Å². The van der Waals surface area contributed by atoms with Gasteiger partial charge >= 0.3 is 0 Å². The van der Waals surface area contributed by atoms with E-state index in [1.54, 1.807) is 17.4 Å². The van der Waals surface area contributed by atoms with Crippen molar-refractivity contribution >= 4 is 34.4 Å². The van der Waals surface area contributed by atoms with E-state index in [1.807, 2.05) is 36.7 Å². The Hall–Kier alpha value is -3.18. The number of rotatable bonds is 6. The van der Waals surface area contributed by atoms with Crippen molar-refractivity contribution in [3.63, 3.8) is 0 Å². The summed E-state index contributed by atoms with van der Waals surface area (Å²) in [5.41, 5.74) is 4.42. The molecule has 0 saturated carbocycles. The smallest absolute Gasteiger partial charge is 0.244 e. The van der Waals surface area contributed by atoms with E-state index in [1.165, 1.54) is 10.4 Å². The first-order valence-electron chi connectivity index (χ1n) is 9.17. The molecule has 0 saturated heterocycles. The maximum absolute atomic E-state index is 12.0. The Morgan fingerprint density at radius 3 is 2.64 bits per heavy atom. The minimum Gasteiger partial charge on any atom is -0.348 e. The highest BCUT2D eigenvalue weighted by atomic mass is 32.1. The molecule has 4 nitrogen and oxygen atoms in total. The van der Waals surface area contributed by atoms with Crippen molar-refractivity contribution in [2.75, 3.05) is 0 Å². The van der Waals surface area contributed by atoms with Gasteiger partial charge in [0.2, 0.25) is 5.91 Å². The van der Waals surface area contributed by atoms with Crippen LogP contribution in [-0.2, 0) is 17.9 Å². The summed E-state index contributed by atoms with van der Waals surface area (Å²) < 4.78 is 2.14. The number of nitrogens with zero attached hydrogens (tertiary/aromatic N) is 2. The fraction of sp³-hybridized carbons (Fsp3) is 0.130. The second kappa shape index (κ2) is 8.23. The SMILES string of the molecule is Cc1ccc(/C=C/C(=O)NCc2ccc(Cn3cnc4ccccc43)cc2)s1. The van der Waals surface area contributed by atoms with E-state index >= 15 is 0 Å². The lowest BCUT2D eigenvalue weighted by molar-refractivity contribution is -0.116. The third-order valence-electron chi connectivity index (χ3n) is 4.53. The van der Waals surface area contributed by atoms with Gasteiger partial charge in [0, 0.05) is 28.9 Å². The molecule has 5 heteroatoms. The van der Waals surface area contributed by atoms with Crippen LogP contribution in [0, 0.1) is 6.92 Å². The first-order valence-corrected chi connectivity index (χ1v) is 9.99. The zero-order valence-corrected chi connectivity index (χ0v) is 16.4. The molecule has 4 rings (SSSR count). The van der Waals surface area contributed by atoms with Crippen LogP contribution in [-0.4, -0.2) is 15.5 Å². The summed E-state index contributed by atoms with van der Waals surface area (Å²) in [7, 11) is 0. The predicted octanol–water partition coefficient (Wildman–Crippen LogP) is 4.78. The maximum atomic E-state index is 12.0. The highest BCUT2D eigenvalue weighted by Crippen LogP contribution is 2.16. The molecule has 0 fully saturated rings. The van der Waals surface area contributed by atoms with Crippen molar-refractivity contribution < 1.29 is 4.79 Å². The molecule has 4 aromatic rings. The van der Waals surface area contributed by atoms with Crippen molar-refractivity contribution in [3.05, 3.63) is 93.9 Å². The molecular formula is C23H21N3OS. The molecule has 1 N–H and O–H groups in total. The van der Waals surface area contributed by atoms with Crippen LogP contribution in [0.15, 0.2) is 73.1 Å². The van der Waals surface area contributed by atoms with Gasteiger partial charge in [-0.15, -0.1) is 11.3 Å². The number of nitrogens with one attached hydrogen (secondary N) is 1. The summed E-state index contributed by atoms with van der Waals surface area (Å²) >= 11 is 1.67. The zero-order valence-electron chi connectivity index (χ0n) is 15.6. The van der Waals surface area contributed by atoms with Crippen molar-refractivity contribution in [1.82, 2.24) is 14.9 Å². The monoisotopic (exact) mass is 387 g/mol. The van der Waals surface area contributed by atoms with Gasteiger partial charge in [-0.3, -0.25) is 4.79 Å². The molecule has 1 amide bonds. The molecule has 2 heterocycles. The largest absolute Gasteiger partial charge is 0.348 e. The van der Waals surface area contributed by atoms with Crippen molar-refractivity contribution in [1.29, 1.82) is 0 Å². The van der Waals surface area contributed by atoms with E-state index in [0.29, 0.717) is 6.54 Å². The Balaban J connectivity index is 1.33. The quantitative estimate of drug-likeness (QED) is 0.484. The van der Waals surface area contributed by atoms with E-state index in [9.17, 15) is 4.79 Å². The molecular weight excluding hydrogens is 366 g/mol. The van der Waals surface area contributed by atoms with E-state index in [2.05, 4.69) is 58.2 Å². The normalized spacial score (nSPS) is 11.3. The summed E-state index contributed by atoms with van der Waals surface area (Å²) in [4.78, 5) is 18.8. The van der Waals surface area contributed by atoms with Crippen LogP contribution < -0.4 is 5.32 Å². The van der Waals surface area contributed by atoms with Crippen LogP contribution >= 0.6 is 11.3 Å². The number of hydrogen-bond acceptors (Lipinski definition) is 3. The molecule has 2 aromatic heterocycles. The third-order valence-corrected chi connectivity index (χ3v) is 5.50. The van der Waals surface area contributed by atoms with Gasteiger partial charge in [0.25, 0.3) is 0 Å². The number of aryl methyl sites for hydroxylation is 1. The van der Waals surface area contributed by atoms with Crippen LogP contribution in [0.2, 0.25) is 0 Å². The van der Waals surface area contributed by atoms with Gasteiger partial charge in [0.15, 0.2) is 0 Å². The molecule has 0 unspecified atom stereocenters. The highest BCUT2D eigenvalue weighted by Gasteiger charge is 2.03. The van der Waals surface area contributed by atoms with E-state index in [-0.39, 0.29) is 5.91 Å². The Morgan fingerprint density at radius 2 is 1.86 bits per heavy atom. The first-order chi connectivity index (χ1) is 13.7. The molecule has 0 aliphatic heterocycles. The molecule has 0 atom stereocenters. The average molecular weight is 388 g/mol. The number of carbonyl (C=O) groups excluding carboxylic acids is 1. The summed E-state index contributed by atoms with van der Waals surface area (Å²) in [5.74, 6) is -0.0833. The van der Waals surface area contributed by atoms with Gasteiger partial charge in [0.05, 0.1) is 17.4 Å². The molecule has 0 radical (unpaired) electrons. The van der Waals surface area contributed by atoms with E-state index in [4.69, 9.17) is 0 Å². The second-order valence-electron chi connectivity index (χ2n) is 6.68. The van der Waals surface area contributed by atoms with Gasteiger partial charge < -0.3 is 9.88 Å². The third kappa shape index (κ3) is 4.38. The lowest BCUT2D eigenvalue weighted by Crippen LogP contribution is -2.20. The second-order valence-corrected chi connectivity index (χ2v) is 8.00. The van der Waals surface area contributed by atoms with Crippen molar-refractivity contribution in [2.45, 2.75) is 20.0 Å². The van der Waals surface area contributed by atoms with E-state index < -0.39 is 0 Å². The number of thiophene rings is 1. The van der Waals surface area contributed by atoms with Gasteiger partial charge in [0.1, 0.15) is 0 Å². The number of fused-ring (bicyclic) bond motifs is 1. The van der Waals surface area contributed by atoms with Crippen molar-refractivity contribution in [3.8, 4) is 0 Å². The predicted molar refractivity (Wildman–Crippen MR) is 115 cm³/mol. The standard InChI is InChI=1S/C23H21N3OS/c1-17-6-11-20(28-17)12-13-23(27)24-14-18-7-9-19(10-8-18)15-26-16-25-21-4-2-3-5-22(21)26/h2-13,16H,14-15H2,1H3,(H,24,27)/b13-12+. The fourth-order valence-corrected chi connectivity index (χ4v) is 3.82. The van der Waals surface area contributed by atoms with Crippen molar-refractivity contribution in [2.24, 2.45) is 0 Å². The van der Waals surface area contributed by atoms with Crippen LogP contribution in [0.4, 0.5) is 0 Å². The molecule has 0 aliphatic rings. The summed E-state index contributed by atoms with van der Waals surface area (Å²) in [5, 5.41) is 2.93. The molecule has 140 valence electrons. The zero-order chi connectivity index (χ0) is 19.3. The Bertz CT molecular complexity index is 1120. The van der Waals surface area contributed by atoms with Crippen LogP contribution in [0.3, 0.4) is 0 Å². The maximum Gasteiger partial charge on any atom is 0.244 e. The number of hydrogen-bond donors (Lipinski definition) is 1. The minimum atomic E-state index is -0.0833.